The van der Waals surface area contributed by atoms with Gasteiger partial charge in [-0.1, -0.05) is 31.7 Å². The van der Waals surface area contributed by atoms with E-state index in [1.807, 2.05) is 0 Å². The van der Waals surface area contributed by atoms with Crippen LogP contribution in [0.3, 0.4) is 0 Å². The first-order valence-electron chi connectivity index (χ1n) is 9.31. The van der Waals surface area contributed by atoms with Gasteiger partial charge in [0.15, 0.2) is 12.3 Å². The molecule has 0 radical (unpaired) electrons. The molecule has 2 aromatic heterocycles. The lowest BCUT2D eigenvalue weighted by atomic mass is 10.1. The Morgan fingerprint density at radius 3 is 2.41 bits per heavy atom. The molecule has 0 amide bonds. The molecule has 174 valence electrons. The van der Waals surface area contributed by atoms with Gasteiger partial charge < -0.3 is 9.26 Å². The van der Waals surface area contributed by atoms with Gasteiger partial charge >= 0.3 is 6.18 Å². The second-order valence-electron chi connectivity index (χ2n) is 6.90. The Morgan fingerprint density at radius 1 is 1.03 bits per heavy atom. The molecule has 0 saturated carbocycles. The largest absolute Gasteiger partial charge is 0.485 e. The molecular formula is C20H12F5N6O2P. The van der Waals surface area contributed by atoms with Crippen molar-refractivity contribution in [1.29, 1.82) is 5.26 Å². The molecule has 2 heterocycles. The van der Waals surface area contributed by atoms with Crippen molar-refractivity contribution in [3.05, 3.63) is 65.1 Å². The van der Waals surface area contributed by atoms with E-state index in [-0.39, 0.29) is 46.6 Å². The molecular weight excluding hydrogens is 482 g/mol. The minimum Gasteiger partial charge on any atom is -0.485 e. The molecule has 4 aromatic rings. The lowest BCUT2D eigenvalue weighted by Crippen LogP contribution is -2.06. The highest BCUT2D eigenvalue weighted by Gasteiger charge is 2.32. The van der Waals surface area contributed by atoms with Crippen molar-refractivity contribution in [3.8, 4) is 34.5 Å². The molecule has 2 aromatic carbocycles. The number of aromatic amines is 1. The third-order valence-electron chi connectivity index (χ3n) is 4.52. The summed E-state index contributed by atoms with van der Waals surface area (Å²) in [6.07, 6.45) is -4.69. The number of aromatic nitrogens is 5. The van der Waals surface area contributed by atoms with Crippen molar-refractivity contribution in [2.45, 2.75) is 18.4 Å². The molecule has 0 aliphatic heterocycles. The maximum absolute atomic E-state index is 13.4. The van der Waals surface area contributed by atoms with Crippen LogP contribution in [0.1, 0.15) is 22.6 Å². The van der Waals surface area contributed by atoms with Crippen LogP contribution in [-0.4, -0.2) is 25.6 Å². The monoisotopic (exact) mass is 494 g/mol. The molecule has 0 bridgehead atoms. The molecule has 8 nitrogen and oxygen atoms in total. The van der Waals surface area contributed by atoms with Gasteiger partial charge in [0.25, 0.3) is 11.6 Å². The number of ether oxygens (including phenoxy) is 1. The van der Waals surface area contributed by atoms with E-state index in [0.29, 0.717) is 5.56 Å². The minimum atomic E-state index is -4.69. The quantitative estimate of drug-likeness (QED) is 0.299. The number of alkyl halides is 5. The highest BCUT2D eigenvalue weighted by molar-refractivity contribution is 7.17. The van der Waals surface area contributed by atoms with Gasteiger partial charge in [0, 0.05) is 16.7 Å². The van der Waals surface area contributed by atoms with Crippen LogP contribution < -0.4 is 4.74 Å². The number of nitrogens with one attached hydrogen (secondary N) is 1. The smallest absolute Gasteiger partial charge is 0.416 e. The summed E-state index contributed by atoms with van der Waals surface area (Å²) in [5.74, 6) is -0.160. The van der Waals surface area contributed by atoms with E-state index in [0.717, 1.165) is 12.1 Å². The molecule has 1 atom stereocenters. The van der Waals surface area contributed by atoms with Gasteiger partial charge in [-0.2, -0.15) is 32.2 Å². The van der Waals surface area contributed by atoms with Crippen LogP contribution >= 0.6 is 9.24 Å². The fraction of sp³-hybridized carbons (Fsp3) is 0.150. The Kier molecular flexibility index (Phi) is 6.01. The predicted molar refractivity (Wildman–Crippen MR) is 109 cm³/mol. The summed E-state index contributed by atoms with van der Waals surface area (Å²) in [4.78, 5) is 4.07. The number of hydrogen-bond donors (Lipinski definition) is 1. The lowest BCUT2D eigenvalue weighted by molar-refractivity contribution is -0.137. The van der Waals surface area contributed by atoms with Crippen LogP contribution in [0.25, 0.3) is 22.7 Å². The second-order valence-corrected chi connectivity index (χ2v) is 7.62. The van der Waals surface area contributed by atoms with Crippen LogP contribution in [0.2, 0.25) is 0 Å². The summed E-state index contributed by atoms with van der Waals surface area (Å²) in [6.45, 7) is -0.351. The van der Waals surface area contributed by atoms with Crippen LogP contribution in [0.15, 0.2) is 47.0 Å². The third-order valence-corrected chi connectivity index (χ3v) is 4.85. The Morgan fingerprint density at radius 2 is 1.76 bits per heavy atom. The Bertz CT molecular complexity index is 1360. The molecule has 1 N–H and O–H groups in total. The van der Waals surface area contributed by atoms with Gasteiger partial charge in [-0.15, -0.1) is 5.10 Å². The molecule has 14 heteroatoms. The molecule has 34 heavy (non-hydrogen) atoms. The fourth-order valence-corrected chi connectivity index (χ4v) is 3.10. The summed E-state index contributed by atoms with van der Waals surface area (Å²) in [7, 11) is 1.43. The highest BCUT2D eigenvalue weighted by Crippen LogP contribution is 2.37. The summed E-state index contributed by atoms with van der Waals surface area (Å²) < 4.78 is 77.3. The van der Waals surface area contributed by atoms with E-state index >= 15 is 0 Å². The molecule has 0 fully saturated rings. The van der Waals surface area contributed by atoms with Gasteiger partial charge in [0.05, 0.1) is 5.56 Å². The lowest BCUT2D eigenvalue weighted by Gasteiger charge is -2.12. The molecule has 0 aliphatic carbocycles. The normalized spacial score (nSPS) is 11.9. The van der Waals surface area contributed by atoms with E-state index in [9.17, 15) is 22.0 Å². The Balaban J connectivity index is 1.55. The van der Waals surface area contributed by atoms with Gasteiger partial charge in [-0.25, -0.2) is 5.10 Å². The number of halogens is 5. The van der Waals surface area contributed by atoms with Crippen LogP contribution in [0.5, 0.6) is 5.75 Å². The number of nitrogens with zero attached hydrogens (tertiary/aromatic N) is 5. The average molecular weight is 494 g/mol. The van der Waals surface area contributed by atoms with Crippen molar-refractivity contribution < 1.29 is 31.2 Å². The highest BCUT2D eigenvalue weighted by atomic mass is 31.0. The van der Waals surface area contributed by atoms with Crippen molar-refractivity contribution in [1.82, 2.24) is 25.6 Å². The topological polar surface area (TPSA) is 114 Å². The van der Waals surface area contributed by atoms with E-state index in [4.69, 9.17) is 14.5 Å². The van der Waals surface area contributed by atoms with Crippen molar-refractivity contribution >= 4 is 9.24 Å². The van der Waals surface area contributed by atoms with E-state index in [2.05, 4.69) is 25.6 Å². The average Bonchev–Trinajstić information content (AvgIpc) is 3.46. The van der Waals surface area contributed by atoms with Crippen molar-refractivity contribution in [2.75, 3.05) is 0 Å². The maximum Gasteiger partial charge on any atom is 0.416 e. The number of hydrogen-bond acceptors (Lipinski definition) is 7. The SMILES string of the molecule is N#Cc1[nH]nnc1-c1cc(OCc2noc(-c3ccc(C(F)(F)P)cc3)n2)cc(C(F)(F)F)c1. The van der Waals surface area contributed by atoms with Gasteiger partial charge in [-0.05, 0) is 30.3 Å². The zero-order valence-corrected chi connectivity index (χ0v) is 17.9. The summed E-state index contributed by atoms with van der Waals surface area (Å²) >= 11 is 0. The van der Waals surface area contributed by atoms with Crippen molar-refractivity contribution in [3.63, 3.8) is 0 Å². The molecule has 4 rings (SSSR count). The number of nitriles is 1. The van der Waals surface area contributed by atoms with E-state index in [1.54, 1.807) is 6.07 Å². The maximum atomic E-state index is 13.4. The molecule has 0 saturated heterocycles. The molecule has 1 unspecified atom stereocenters. The third kappa shape index (κ3) is 5.02. The number of rotatable bonds is 6. The summed E-state index contributed by atoms with van der Waals surface area (Å²) in [5, 5.41) is 22.2. The second kappa shape index (κ2) is 8.79. The standard InChI is InChI=1S/C20H12F5N6O2P/c21-19(22,23)13-5-11(17-15(8-26)28-31-29-17)6-14(7-13)32-9-16-27-18(33-30-16)10-1-3-12(4-2-10)20(24,25)34/h1-7H,9,34H2,(H,28,29,31). The van der Waals surface area contributed by atoms with Gasteiger partial charge in [0.1, 0.15) is 17.5 Å². The minimum absolute atomic E-state index is 0.00793. The van der Waals surface area contributed by atoms with Gasteiger partial charge in [0.2, 0.25) is 5.82 Å². The number of benzene rings is 2. The fourth-order valence-electron chi connectivity index (χ4n) is 2.90. The first kappa shape index (κ1) is 23.3. The zero-order valence-electron chi connectivity index (χ0n) is 16.8. The van der Waals surface area contributed by atoms with Crippen molar-refractivity contribution in [2.24, 2.45) is 0 Å². The Hall–Kier alpha value is -3.91. The predicted octanol–water partition coefficient (Wildman–Crippen LogP) is 4.92. The Labute approximate surface area is 189 Å². The van der Waals surface area contributed by atoms with E-state index < -0.39 is 17.4 Å². The van der Waals surface area contributed by atoms with E-state index in [1.165, 1.54) is 39.6 Å². The van der Waals surface area contributed by atoms with Crippen LogP contribution in [0.4, 0.5) is 22.0 Å². The first-order chi connectivity index (χ1) is 16.0. The summed E-state index contributed by atoms with van der Waals surface area (Å²) in [5.41, 5.74) is -4.18. The zero-order chi connectivity index (χ0) is 24.5. The van der Waals surface area contributed by atoms with Crippen LogP contribution in [-0.2, 0) is 18.4 Å². The summed E-state index contributed by atoms with van der Waals surface area (Å²) in [6, 6.07) is 9.76. The van der Waals surface area contributed by atoms with Gasteiger partial charge in [-0.3, -0.25) is 0 Å². The first-order valence-corrected chi connectivity index (χ1v) is 9.89. The number of H-pyrrole nitrogens is 1. The van der Waals surface area contributed by atoms with Crippen LogP contribution in [0, 0.1) is 11.3 Å². The molecule has 0 spiro atoms. The molecule has 0 aliphatic rings.